The van der Waals surface area contributed by atoms with Gasteiger partial charge in [-0.15, -0.1) is 0 Å². The van der Waals surface area contributed by atoms with Crippen molar-refractivity contribution in [3.05, 3.63) is 17.7 Å². The maximum absolute atomic E-state index is 11.1. The molecule has 1 aromatic carbocycles. The fourth-order valence-corrected chi connectivity index (χ4v) is 2.11. The van der Waals surface area contributed by atoms with Crippen LogP contribution in [0.3, 0.4) is 0 Å². The first kappa shape index (κ1) is 11.3. The van der Waals surface area contributed by atoms with Gasteiger partial charge in [0, 0.05) is 18.9 Å². The van der Waals surface area contributed by atoms with Crippen molar-refractivity contribution < 1.29 is 23.7 Å². The van der Waals surface area contributed by atoms with Crippen molar-refractivity contribution in [3.8, 4) is 17.2 Å². The molecule has 0 N–H and O–H groups in total. The van der Waals surface area contributed by atoms with Crippen LogP contribution in [0, 0.1) is 0 Å². The summed E-state index contributed by atoms with van der Waals surface area (Å²) in [5, 5.41) is 0. The van der Waals surface area contributed by atoms with Gasteiger partial charge in [0.2, 0.25) is 6.79 Å². The number of carbonyl (C=O) groups is 1. The Hall–Kier alpha value is -1.75. The molecule has 5 heteroatoms. The number of aldehydes is 1. The van der Waals surface area contributed by atoms with Gasteiger partial charge in [0.15, 0.2) is 17.8 Å². The topological polar surface area (TPSA) is 54.0 Å². The summed E-state index contributed by atoms with van der Waals surface area (Å²) in [6, 6.07) is 3.38. The molecule has 1 saturated heterocycles. The van der Waals surface area contributed by atoms with E-state index in [0.717, 1.165) is 19.1 Å². The van der Waals surface area contributed by atoms with Crippen LogP contribution in [0.1, 0.15) is 23.2 Å². The van der Waals surface area contributed by atoms with Crippen LogP contribution >= 0.6 is 0 Å². The lowest BCUT2D eigenvalue weighted by atomic mass is 10.1. The van der Waals surface area contributed by atoms with Crippen molar-refractivity contribution in [2.75, 3.05) is 20.0 Å². The van der Waals surface area contributed by atoms with Gasteiger partial charge < -0.3 is 18.9 Å². The Morgan fingerprint density at radius 2 is 1.89 bits per heavy atom. The van der Waals surface area contributed by atoms with Crippen LogP contribution < -0.4 is 14.2 Å². The molecule has 3 rings (SSSR count). The largest absolute Gasteiger partial charge is 0.489 e. The second kappa shape index (κ2) is 4.86. The molecule has 0 aromatic heterocycles. The van der Waals surface area contributed by atoms with Crippen LogP contribution in [-0.4, -0.2) is 32.4 Å². The van der Waals surface area contributed by atoms with Gasteiger partial charge >= 0.3 is 0 Å². The highest BCUT2D eigenvalue weighted by Gasteiger charge is 2.21. The Bertz CT molecular complexity index is 451. The van der Waals surface area contributed by atoms with Crippen molar-refractivity contribution in [2.45, 2.75) is 18.9 Å². The van der Waals surface area contributed by atoms with E-state index in [1.165, 1.54) is 0 Å². The normalized spacial score (nSPS) is 18.7. The predicted molar refractivity (Wildman–Crippen MR) is 62.4 cm³/mol. The van der Waals surface area contributed by atoms with E-state index in [9.17, 15) is 4.79 Å². The molecule has 0 saturated carbocycles. The summed E-state index contributed by atoms with van der Waals surface area (Å²) in [5.74, 6) is 1.78. The van der Waals surface area contributed by atoms with E-state index in [2.05, 4.69) is 0 Å². The van der Waals surface area contributed by atoms with E-state index >= 15 is 0 Å². The van der Waals surface area contributed by atoms with Gasteiger partial charge in [0.05, 0.1) is 18.8 Å². The average molecular weight is 250 g/mol. The Morgan fingerprint density at radius 3 is 2.61 bits per heavy atom. The van der Waals surface area contributed by atoms with Crippen molar-refractivity contribution in [3.63, 3.8) is 0 Å². The van der Waals surface area contributed by atoms with E-state index in [0.29, 0.717) is 36.0 Å². The molecule has 0 atom stereocenters. The SMILES string of the molecule is O=Cc1cc2c(cc1OC1CCOCC1)OCO2. The smallest absolute Gasteiger partial charge is 0.231 e. The highest BCUT2D eigenvalue weighted by molar-refractivity contribution is 5.81. The molecule has 96 valence electrons. The van der Waals surface area contributed by atoms with Gasteiger partial charge in [-0.25, -0.2) is 0 Å². The summed E-state index contributed by atoms with van der Waals surface area (Å²) in [7, 11) is 0. The molecule has 1 fully saturated rings. The third-order valence-electron chi connectivity index (χ3n) is 3.09. The molecule has 2 heterocycles. The van der Waals surface area contributed by atoms with Crippen LogP contribution in [-0.2, 0) is 4.74 Å². The summed E-state index contributed by atoms with van der Waals surface area (Å²) in [6.07, 6.45) is 2.55. The maximum Gasteiger partial charge on any atom is 0.231 e. The molecular weight excluding hydrogens is 236 g/mol. The fourth-order valence-electron chi connectivity index (χ4n) is 2.11. The minimum absolute atomic E-state index is 0.0952. The molecular formula is C13H14O5. The van der Waals surface area contributed by atoms with Crippen molar-refractivity contribution >= 4 is 6.29 Å². The molecule has 2 aliphatic heterocycles. The number of carbonyl (C=O) groups excluding carboxylic acids is 1. The summed E-state index contributed by atoms with van der Waals surface area (Å²) < 4.78 is 21.6. The van der Waals surface area contributed by atoms with E-state index in [1.54, 1.807) is 12.1 Å². The Kier molecular flexibility index (Phi) is 3.06. The minimum atomic E-state index is 0.0952. The van der Waals surface area contributed by atoms with Crippen LogP contribution in [0.15, 0.2) is 12.1 Å². The molecule has 2 aliphatic rings. The van der Waals surface area contributed by atoms with Crippen LogP contribution in [0.2, 0.25) is 0 Å². The molecule has 1 aromatic rings. The summed E-state index contributed by atoms with van der Waals surface area (Å²) >= 11 is 0. The van der Waals surface area contributed by atoms with E-state index in [4.69, 9.17) is 18.9 Å². The molecule has 0 radical (unpaired) electrons. The van der Waals surface area contributed by atoms with Crippen LogP contribution in [0.5, 0.6) is 17.2 Å². The van der Waals surface area contributed by atoms with Crippen molar-refractivity contribution in [1.29, 1.82) is 0 Å². The first-order chi connectivity index (χ1) is 8.86. The molecule has 0 amide bonds. The van der Waals surface area contributed by atoms with Gasteiger partial charge in [-0.05, 0) is 6.07 Å². The Morgan fingerprint density at radius 1 is 1.17 bits per heavy atom. The molecule has 0 spiro atoms. The number of hydrogen-bond donors (Lipinski definition) is 0. The van der Waals surface area contributed by atoms with Crippen LogP contribution in [0.4, 0.5) is 0 Å². The molecule has 0 unspecified atom stereocenters. The number of ether oxygens (including phenoxy) is 4. The quantitative estimate of drug-likeness (QED) is 0.765. The number of hydrogen-bond acceptors (Lipinski definition) is 5. The zero-order valence-corrected chi connectivity index (χ0v) is 9.89. The summed E-state index contributed by atoms with van der Waals surface area (Å²) in [4.78, 5) is 11.1. The first-order valence-corrected chi connectivity index (χ1v) is 6.00. The van der Waals surface area contributed by atoms with Gasteiger partial charge in [-0.2, -0.15) is 0 Å². The highest BCUT2D eigenvalue weighted by atomic mass is 16.7. The second-order valence-corrected chi connectivity index (χ2v) is 4.29. The van der Waals surface area contributed by atoms with E-state index in [1.807, 2.05) is 0 Å². The van der Waals surface area contributed by atoms with Gasteiger partial charge in [0.1, 0.15) is 11.9 Å². The average Bonchev–Trinajstić information content (AvgIpc) is 2.86. The van der Waals surface area contributed by atoms with Gasteiger partial charge in [-0.3, -0.25) is 4.79 Å². The zero-order valence-electron chi connectivity index (χ0n) is 9.89. The second-order valence-electron chi connectivity index (χ2n) is 4.29. The van der Waals surface area contributed by atoms with E-state index < -0.39 is 0 Å². The lowest BCUT2D eigenvalue weighted by molar-refractivity contribution is 0.0253. The summed E-state index contributed by atoms with van der Waals surface area (Å²) in [5.41, 5.74) is 0.491. The predicted octanol–water partition coefficient (Wildman–Crippen LogP) is 1.79. The van der Waals surface area contributed by atoms with Crippen LogP contribution in [0.25, 0.3) is 0 Å². The maximum atomic E-state index is 11.1. The third-order valence-corrected chi connectivity index (χ3v) is 3.09. The summed E-state index contributed by atoms with van der Waals surface area (Å²) in [6.45, 7) is 1.59. The fraction of sp³-hybridized carbons (Fsp3) is 0.462. The number of rotatable bonds is 3. The number of fused-ring (bicyclic) bond motifs is 1. The van der Waals surface area contributed by atoms with E-state index in [-0.39, 0.29) is 12.9 Å². The lowest BCUT2D eigenvalue weighted by Gasteiger charge is -2.24. The Labute approximate surface area is 105 Å². The van der Waals surface area contributed by atoms with Crippen molar-refractivity contribution in [1.82, 2.24) is 0 Å². The zero-order chi connectivity index (χ0) is 12.4. The van der Waals surface area contributed by atoms with Gasteiger partial charge in [-0.1, -0.05) is 0 Å². The number of benzene rings is 1. The standard InChI is InChI=1S/C13H14O5/c14-7-9-5-12-13(17-8-16-12)6-11(9)18-10-1-3-15-4-2-10/h5-7,10H,1-4,8H2. The monoisotopic (exact) mass is 250 g/mol. The van der Waals surface area contributed by atoms with Gasteiger partial charge in [0.25, 0.3) is 0 Å². The first-order valence-electron chi connectivity index (χ1n) is 6.00. The molecule has 5 nitrogen and oxygen atoms in total. The Balaban J connectivity index is 1.83. The highest BCUT2D eigenvalue weighted by Crippen LogP contribution is 2.38. The lowest BCUT2D eigenvalue weighted by Crippen LogP contribution is -2.26. The third kappa shape index (κ3) is 2.13. The molecule has 0 bridgehead atoms. The molecule has 18 heavy (non-hydrogen) atoms. The van der Waals surface area contributed by atoms with Crippen molar-refractivity contribution in [2.24, 2.45) is 0 Å². The minimum Gasteiger partial charge on any atom is -0.489 e. The molecule has 0 aliphatic carbocycles.